The highest BCUT2D eigenvalue weighted by atomic mass is 16.1. The second-order valence-corrected chi connectivity index (χ2v) is 8.82. The predicted octanol–water partition coefficient (Wildman–Crippen LogP) is 3.35. The topological polar surface area (TPSA) is 65.8 Å². The molecule has 0 saturated carbocycles. The van der Waals surface area contributed by atoms with Gasteiger partial charge in [-0.3, -0.25) is 4.79 Å². The molecule has 0 aliphatic carbocycles. The average Bonchev–Trinajstić information content (AvgIpc) is 3.35. The van der Waals surface area contributed by atoms with Crippen LogP contribution in [-0.2, 0) is 11.3 Å². The molecule has 1 aliphatic rings. The summed E-state index contributed by atoms with van der Waals surface area (Å²) in [6.45, 7) is 4.03. The van der Waals surface area contributed by atoms with E-state index in [-0.39, 0.29) is 11.8 Å². The van der Waals surface area contributed by atoms with Gasteiger partial charge in [-0.15, -0.1) is 0 Å². The minimum Gasteiger partial charge on any atom is -0.355 e. The SMILES string of the molecule is CN(CCNC(=O)C1CCN(c2nc3ncccc3n3cccc23)CC1)Cc1ccccc1. The third-order valence-electron chi connectivity index (χ3n) is 6.47. The Morgan fingerprint density at radius 1 is 1.06 bits per heavy atom. The molecule has 1 saturated heterocycles. The lowest BCUT2D eigenvalue weighted by Gasteiger charge is -2.32. The molecule has 33 heavy (non-hydrogen) atoms. The summed E-state index contributed by atoms with van der Waals surface area (Å²) in [6.07, 6.45) is 5.50. The lowest BCUT2D eigenvalue weighted by Crippen LogP contribution is -2.42. The fraction of sp³-hybridized carbons (Fsp3) is 0.346. The first-order chi connectivity index (χ1) is 16.2. The molecular weight excluding hydrogens is 412 g/mol. The van der Waals surface area contributed by atoms with Gasteiger partial charge in [0, 0.05) is 51.0 Å². The van der Waals surface area contributed by atoms with Gasteiger partial charge in [0.15, 0.2) is 11.5 Å². The zero-order valence-corrected chi connectivity index (χ0v) is 19.0. The van der Waals surface area contributed by atoms with Crippen molar-refractivity contribution in [3.63, 3.8) is 0 Å². The van der Waals surface area contributed by atoms with E-state index >= 15 is 0 Å². The lowest BCUT2D eigenvalue weighted by molar-refractivity contribution is -0.125. The number of carbonyl (C=O) groups is 1. The Kier molecular flexibility index (Phi) is 6.21. The molecule has 0 atom stereocenters. The number of pyridine rings is 1. The largest absolute Gasteiger partial charge is 0.355 e. The van der Waals surface area contributed by atoms with Crippen LogP contribution in [0.3, 0.4) is 0 Å². The van der Waals surface area contributed by atoms with Crippen molar-refractivity contribution in [2.24, 2.45) is 5.92 Å². The molecule has 170 valence electrons. The second kappa shape index (κ2) is 9.58. The number of nitrogens with one attached hydrogen (secondary N) is 1. The molecule has 7 nitrogen and oxygen atoms in total. The summed E-state index contributed by atoms with van der Waals surface area (Å²) >= 11 is 0. The van der Waals surface area contributed by atoms with Gasteiger partial charge in [0.2, 0.25) is 5.91 Å². The van der Waals surface area contributed by atoms with Crippen LogP contribution in [0.4, 0.5) is 5.82 Å². The zero-order valence-electron chi connectivity index (χ0n) is 19.0. The number of rotatable bonds is 7. The van der Waals surface area contributed by atoms with Gasteiger partial charge in [0.1, 0.15) is 0 Å². The summed E-state index contributed by atoms with van der Waals surface area (Å²) in [5.41, 5.74) is 4.12. The molecule has 0 unspecified atom stereocenters. The number of piperidine rings is 1. The predicted molar refractivity (Wildman–Crippen MR) is 131 cm³/mol. The van der Waals surface area contributed by atoms with Crippen LogP contribution in [0.5, 0.6) is 0 Å². The van der Waals surface area contributed by atoms with Crippen molar-refractivity contribution in [2.75, 3.05) is 38.1 Å². The van der Waals surface area contributed by atoms with Crippen molar-refractivity contribution in [1.29, 1.82) is 0 Å². The highest BCUT2D eigenvalue weighted by Gasteiger charge is 2.27. The smallest absolute Gasteiger partial charge is 0.223 e. The van der Waals surface area contributed by atoms with E-state index in [2.05, 4.69) is 68.1 Å². The van der Waals surface area contributed by atoms with Crippen molar-refractivity contribution in [3.8, 4) is 0 Å². The van der Waals surface area contributed by atoms with Gasteiger partial charge in [-0.05, 0) is 49.7 Å². The van der Waals surface area contributed by atoms with Crippen LogP contribution in [0, 0.1) is 5.92 Å². The third kappa shape index (κ3) is 4.68. The maximum atomic E-state index is 12.7. The molecule has 1 amide bonds. The van der Waals surface area contributed by atoms with Crippen LogP contribution in [0.25, 0.3) is 16.7 Å². The number of carbonyl (C=O) groups excluding carboxylic acids is 1. The maximum absolute atomic E-state index is 12.7. The molecule has 1 aliphatic heterocycles. The van der Waals surface area contributed by atoms with E-state index in [0.717, 1.165) is 61.5 Å². The van der Waals surface area contributed by atoms with Crippen LogP contribution >= 0.6 is 0 Å². The van der Waals surface area contributed by atoms with Gasteiger partial charge in [-0.1, -0.05) is 30.3 Å². The van der Waals surface area contributed by atoms with Crippen molar-refractivity contribution >= 4 is 28.4 Å². The molecule has 0 radical (unpaired) electrons. The Morgan fingerprint density at radius 3 is 2.67 bits per heavy atom. The Balaban J connectivity index is 1.15. The Morgan fingerprint density at radius 2 is 1.85 bits per heavy atom. The first kappa shape index (κ1) is 21.4. The molecule has 7 heteroatoms. The standard InChI is InChI=1S/C26H30N6O/c1-30(19-20-7-3-2-4-8-20)18-14-28-26(33)21-11-16-31(17-12-21)25-23-10-6-15-32(23)22-9-5-13-27-24(22)29-25/h2-10,13,15,21H,11-12,14,16-19H2,1H3,(H,28,33). The molecule has 1 fully saturated rings. The van der Waals surface area contributed by atoms with Gasteiger partial charge in [0.05, 0.1) is 11.0 Å². The minimum absolute atomic E-state index is 0.0575. The molecular formula is C26H30N6O. The number of nitrogens with zero attached hydrogens (tertiary/aromatic N) is 5. The summed E-state index contributed by atoms with van der Waals surface area (Å²) in [6, 6.07) is 18.5. The number of hydrogen-bond acceptors (Lipinski definition) is 5. The lowest BCUT2D eigenvalue weighted by atomic mass is 9.96. The summed E-state index contributed by atoms with van der Waals surface area (Å²) in [5, 5.41) is 3.14. The number of fused-ring (bicyclic) bond motifs is 3. The number of amides is 1. The minimum atomic E-state index is 0.0575. The first-order valence-electron chi connectivity index (χ1n) is 11.7. The molecule has 1 N–H and O–H groups in total. The van der Waals surface area contributed by atoms with E-state index in [9.17, 15) is 4.79 Å². The van der Waals surface area contributed by atoms with Crippen molar-refractivity contribution in [2.45, 2.75) is 19.4 Å². The van der Waals surface area contributed by atoms with Crippen molar-refractivity contribution in [1.82, 2.24) is 24.6 Å². The first-order valence-corrected chi connectivity index (χ1v) is 11.7. The van der Waals surface area contributed by atoms with Crippen molar-refractivity contribution < 1.29 is 4.79 Å². The quantitative estimate of drug-likeness (QED) is 0.476. The highest BCUT2D eigenvalue weighted by molar-refractivity contribution is 5.83. The van der Waals surface area contributed by atoms with Crippen LogP contribution in [0.1, 0.15) is 18.4 Å². The average molecular weight is 443 g/mol. The second-order valence-electron chi connectivity index (χ2n) is 8.82. The monoisotopic (exact) mass is 442 g/mol. The summed E-state index contributed by atoms with van der Waals surface area (Å²) < 4.78 is 2.15. The molecule has 1 aromatic carbocycles. The molecule has 0 spiro atoms. The Labute approximate surface area is 194 Å². The Hall–Kier alpha value is -3.45. The highest BCUT2D eigenvalue weighted by Crippen LogP contribution is 2.28. The summed E-state index contributed by atoms with van der Waals surface area (Å²) in [5.74, 6) is 1.18. The van der Waals surface area contributed by atoms with E-state index < -0.39 is 0 Å². The van der Waals surface area contributed by atoms with Gasteiger partial charge < -0.3 is 19.5 Å². The molecule has 5 rings (SSSR count). The van der Waals surface area contributed by atoms with Crippen molar-refractivity contribution in [3.05, 3.63) is 72.6 Å². The van der Waals surface area contributed by atoms with E-state index in [1.54, 1.807) is 6.20 Å². The molecule has 0 bridgehead atoms. The van der Waals surface area contributed by atoms with Crippen LogP contribution < -0.4 is 10.2 Å². The number of likely N-dealkylation sites (N-methyl/N-ethyl adjacent to an activating group) is 1. The normalized spacial score (nSPS) is 14.9. The Bertz CT molecular complexity index is 1230. The molecule has 3 aromatic heterocycles. The fourth-order valence-corrected chi connectivity index (χ4v) is 4.67. The van der Waals surface area contributed by atoms with E-state index in [0.29, 0.717) is 6.54 Å². The van der Waals surface area contributed by atoms with Crippen LogP contribution in [0.15, 0.2) is 67.0 Å². The fourth-order valence-electron chi connectivity index (χ4n) is 4.67. The van der Waals surface area contributed by atoms with Crippen LogP contribution in [0.2, 0.25) is 0 Å². The van der Waals surface area contributed by atoms with Gasteiger partial charge >= 0.3 is 0 Å². The van der Waals surface area contributed by atoms with Gasteiger partial charge in [-0.2, -0.15) is 0 Å². The number of aromatic nitrogens is 3. The van der Waals surface area contributed by atoms with Crippen LogP contribution in [-0.4, -0.2) is 58.4 Å². The number of anilines is 1. The van der Waals surface area contributed by atoms with Gasteiger partial charge in [-0.25, -0.2) is 9.97 Å². The number of benzene rings is 1. The van der Waals surface area contributed by atoms with Gasteiger partial charge in [0.25, 0.3) is 0 Å². The summed E-state index contributed by atoms with van der Waals surface area (Å²) in [7, 11) is 2.09. The third-order valence-corrected chi connectivity index (χ3v) is 6.47. The van der Waals surface area contributed by atoms with E-state index in [1.807, 2.05) is 24.3 Å². The maximum Gasteiger partial charge on any atom is 0.223 e. The molecule has 4 heterocycles. The summed E-state index contributed by atoms with van der Waals surface area (Å²) in [4.78, 5) is 26.6. The zero-order chi connectivity index (χ0) is 22.6. The molecule has 4 aromatic rings. The number of hydrogen-bond donors (Lipinski definition) is 1. The van der Waals surface area contributed by atoms with E-state index in [1.165, 1.54) is 5.56 Å². The van der Waals surface area contributed by atoms with E-state index in [4.69, 9.17) is 4.98 Å².